The van der Waals surface area contributed by atoms with Gasteiger partial charge in [0.1, 0.15) is 0 Å². The van der Waals surface area contributed by atoms with E-state index in [0.29, 0.717) is 12.1 Å². The number of nitrogens with zero attached hydrogens (tertiary/aromatic N) is 1. The highest BCUT2D eigenvalue weighted by molar-refractivity contribution is 7.09. The van der Waals surface area contributed by atoms with E-state index in [9.17, 15) is 9.90 Å². The summed E-state index contributed by atoms with van der Waals surface area (Å²) in [5.74, 6) is -0.909. The first-order chi connectivity index (χ1) is 10.1. The Hall–Kier alpha value is -2.40. The van der Waals surface area contributed by atoms with Crippen molar-refractivity contribution in [2.75, 3.05) is 5.32 Å². The quantitative estimate of drug-likeness (QED) is 0.766. The molecule has 1 heterocycles. The number of thiazole rings is 1. The van der Waals surface area contributed by atoms with Crippen LogP contribution in [0.25, 0.3) is 10.8 Å². The lowest BCUT2D eigenvalue weighted by molar-refractivity contribution is 0.0699. The highest BCUT2D eigenvalue weighted by atomic mass is 32.1. The average molecular weight is 298 g/mol. The number of benzene rings is 2. The number of carboxylic acid groups (broad SMARTS) is 1. The fraction of sp³-hybridized carbons (Fsp3) is 0.125. The van der Waals surface area contributed by atoms with Gasteiger partial charge in [0.15, 0.2) is 0 Å². The van der Waals surface area contributed by atoms with Crippen molar-refractivity contribution in [2.24, 2.45) is 0 Å². The van der Waals surface area contributed by atoms with Crippen LogP contribution in [-0.4, -0.2) is 16.1 Å². The Morgan fingerprint density at radius 2 is 2.00 bits per heavy atom. The van der Waals surface area contributed by atoms with Crippen LogP contribution in [0.1, 0.15) is 21.1 Å². The minimum atomic E-state index is -0.909. The van der Waals surface area contributed by atoms with E-state index in [1.165, 1.54) is 0 Å². The average Bonchev–Trinajstić information content (AvgIpc) is 2.90. The number of hydrogen-bond acceptors (Lipinski definition) is 4. The second kappa shape index (κ2) is 5.54. The van der Waals surface area contributed by atoms with E-state index in [1.54, 1.807) is 17.4 Å². The second-order valence-corrected chi connectivity index (χ2v) is 5.79. The van der Waals surface area contributed by atoms with E-state index in [1.807, 2.05) is 42.6 Å². The second-order valence-electron chi connectivity index (χ2n) is 4.72. The van der Waals surface area contributed by atoms with Gasteiger partial charge in [-0.2, -0.15) is 0 Å². The minimum absolute atomic E-state index is 0.320. The molecule has 0 aliphatic carbocycles. The van der Waals surface area contributed by atoms with Crippen LogP contribution in [0.2, 0.25) is 0 Å². The van der Waals surface area contributed by atoms with Crippen LogP contribution in [-0.2, 0) is 6.54 Å². The van der Waals surface area contributed by atoms with Gasteiger partial charge in [-0.1, -0.05) is 24.3 Å². The molecule has 0 bridgehead atoms. The zero-order valence-electron chi connectivity index (χ0n) is 11.5. The van der Waals surface area contributed by atoms with Crippen LogP contribution in [0.15, 0.2) is 41.8 Å². The Kier molecular flexibility index (Phi) is 3.58. The summed E-state index contributed by atoms with van der Waals surface area (Å²) in [6, 6.07) is 11.0. The van der Waals surface area contributed by atoms with Crippen molar-refractivity contribution in [3.05, 3.63) is 58.0 Å². The number of nitrogens with one attached hydrogen (secondary N) is 1. The number of fused-ring (bicyclic) bond motifs is 1. The van der Waals surface area contributed by atoms with Crippen molar-refractivity contribution in [1.29, 1.82) is 0 Å². The molecule has 3 rings (SSSR count). The normalized spacial score (nSPS) is 10.7. The third-order valence-corrected chi connectivity index (χ3v) is 4.10. The molecule has 0 spiro atoms. The van der Waals surface area contributed by atoms with Gasteiger partial charge in [-0.05, 0) is 24.4 Å². The standard InChI is InChI=1S/C16H14N2O2S/c1-10-18-11(9-21-10)8-17-15-7-6-14(16(19)20)12-4-2-3-5-13(12)15/h2-7,9,17H,8H2,1H3,(H,19,20). The predicted molar refractivity (Wildman–Crippen MR) is 85.1 cm³/mol. The minimum Gasteiger partial charge on any atom is -0.478 e. The molecule has 3 aromatic rings. The zero-order chi connectivity index (χ0) is 14.8. The van der Waals surface area contributed by atoms with E-state index in [4.69, 9.17) is 0 Å². The van der Waals surface area contributed by atoms with Gasteiger partial charge in [0.05, 0.1) is 22.8 Å². The molecule has 0 radical (unpaired) electrons. The summed E-state index contributed by atoms with van der Waals surface area (Å²) in [6.45, 7) is 2.60. The molecular formula is C16H14N2O2S. The van der Waals surface area contributed by atoms with E-state index >= 15 is 0 Å². The van der Waals surface area contributed by atoms with E-state index in [-0.39, 0.29) is 0 Å². The number of anilines is 1. The number of carbonyl (C=O) groups is 1. The zero-order valence-corrected chi connectivity index (χ0v) is 12.3. The number of carboxylic acids is 1. The fourth-order valence-electron chi connectivity index (χ4n) is 2.31. The lowest BCUT2D eigenvalue weighted by Crippen LogP contribution is -2.03. The number of aromatic nitrogens is 1. The van der Waals surface area contributed by atoms with Gasteiger partial charge in [0.2, 0.25) is 0 Å². The number of aromatic carboxylic acids is 1. The van der Waals surface area contributed by atoms with Crippen molar-refractivity contribution in [1.82, 2.24) is 4.98 Å². The summed E-state index contributed by atoms with van der Waals surface area (Å²) < 4.78 is 0. The molecule has 0 saturated carbocycles. The lowest BCUT2D eigenvalue weighted by atomic mass is 10.0. The summed E-state index contributed by atoms with van der Waals surface area (Å²) in [7, 11) is 0. The monoisotopic (exact) mass is 298 g/mol. The van der Waals surface area contributed by atoms with E-state index in [0.717, 1.165) is 27.2 Å². The Labute approximate surface area is 126 Å². The van der Waals surface area contributed by atoms with Crippen molar-refractivity contribution in [3.63, 3.8) is 0 Å². The molecule has 106 valence electrons. The molecule has 21 heavy (non-hydrogen) atoms. The van der Waals surface area contributed by atoms with Crippen molar-refractivity contribution >= 4 is 33.8 Å². The predicted octanol–water partition coefficient (Wildman–Crippen LogP) is 3.92. The number of hydrogen-bond donors (Lipinski definition) is 2. The van der Waals surface area contributed by atoms with Gasteiger partial charge in [0, 0.05) is 16.5 Å². The first-order valence-corrected chi connectivity index (χ1v) is 7.43. The maximum absolute atomic E-state index is 11.3. The van der Waals surface area contributed by atoms with Gasteiger partial charge in [0.25, 0.3) is 0 Å². The van der Waals surface area contributed by atoms with Crippen molar-refractivity contribution in [2.45, 2.75) is 13.5 Å². The Balaban J connectivity index is 1.96. The molecule has 0 aliphatic heterocycles. The van der Waals surface area contributed by atoms with Gasteiger partial charge in [-0.25, -0.2) is 9.78 Å². The van der Waals surface area contributed by atoms with E-state index in [2.05, 4.69) is 10.3 Å². The fourth-order valence-corrected chi connectivity index (χ4v) is 2.93. The maximum atomic E-state index is 11.3. The SMILES string of the molecule is Cc1nc(CNc2ccc(C(=O)O)c3ccccc23)cs1. The third-order valence-electron chi connectivity index (χ3n) is 3.28. The van der Waals surface area contributed by atoms with Crippen molar-refractivity contribution < 1.29 is 9.90 Å². The molecule has 0 unspecified atom stereocenters. The first kappa shape index (κ1) is 13.6. The topological polar surface area (TPSA) is 62.2 Å². The van der Waals surface area contributed by atoms with E-state index < -0.39 is 5.97 Å². The molecule has 0 atom stereocenters. The van der Waals surface area contributed by atoms with Gasteiger partial charge < -0.3 is 10.4 Å². The summed E-state index contributed by atoms with van der Waals surface area (Å²) >= 11 is 1.62. The van der Waals surface area contributed by atoms with Crippen LogP contribution in [0, 0.1) is 6.92 Å². The molecule has 2 aromatic carbocycles. The molecule has 0 fully saturated rings. The molecule has 0 aliphatic rings. The summed E-state index contributed by atoms with van der Waals surface area (Å²) in [5, 5.41) is 17.3. The van der Waals surface area contributed by atoms with Crippen molar-refractivity contribution in [3.8, 4) is 0 Å². The summed E-state index contributed by atoms with van der Waals surface area (Å²) in [4.78, 5) is 15.7. The largest absolute Gasteiger partial charge is 0.478 e. The summed E-state index contributed by atoms with van der Waals surface area (Å²) in [5.41, 5.74) is 2.23. The smallest absolute Gasteiger partial charge is 0.336 e. The Morgan fingerprint density at radius 3 is 2.67 bits per heavy atom. The third kappa shape index (κ3) is 2.73. The summed E-state index contributed by atoms with van der Waals surface area (Å²) in [6.07, 6.45) is 0. The number of rotatable bonds is 4. The van der Waals surface area contributed by atoms with Crippen LogP contribution >= 0.6 is 11.3 Å². The van der Waals surface area contributed by atoms with Crippen LogP contribution in [0.4, 0.5) is 5.69 Å². The van der Waals surface area contributed by atoms with Crippen LogP contribution in [0.5, 0.6) is 0 Å². The van der Waals surface area contributed by atoms with Gasteiger partial charge in [-0.15, -0.1) is 11.3 Å². The highest BCUT2D eigenvalue weighted by Gasteiger charge is 2.10. The molecule has 2 N–H and O–H groups in total. The number of aryl methyl sites for hydroxylation is 1. The van der Waals surface area contributed by atoms with Crippen LogP contribution in [0.3, 0.4) is 0 Å². The van der Waals surface area contributed by atoms with Crippen LogP contribution < -0.4 is 5.32 Å². The molecule has 1 aromatic heterocycles. The molecule has 0 amide bonds. The lowest BCUT2D eigenvalue weighted by Gasteiger charge is -2.10. The molecule has 4 nitrogen and oxygen atoms in total. The molecular weight excluding hydrogens is 284 g/mol. The molecule has 5 heteroatoms. The first-order valence-electron chi connectivity index (χ1n) is 6.55. The highest BCUT2D eigenvalue weighted by Crippen LogP contribution is 2.27. The Morgan fingerprint density at radius 1 is 1.24 bits per heavy atom. The Bertz CT molecular complexity index is 811. The molecule has 0 saturated heterocycles. The maximum Gasteiger partial charge on any atom is 0.336 e. The van der Waals surface area contributed by atoms with Gasteiger partial charge in [-0.3, -0.25) is 0 Å². The van der Waals surface area contributed by atoms with Gasteiger partial charge >= 0.3 is 5.97 Å².